The third-order valence-electron chi connectivity index (χ3n) is 2.11. The third-order valence-corrected chi connectivity index (χ3v) is 2.38. The van der Waals surface area contributed by atoms with Crippen LogP contribution in [-0.2, 0) is 12.4 Å². The number of halogens is 1. The Balaban J connectivity index is 1.92. The van der Waals surface area contributed by atoms with Gasteiger partial charge in [0.25, 0.3) is 5.91 Å². The maximum absolute atomic E-state index is 11.7. The highest BCUT2D eigenvalue weighted by Gasteiger charge is 2.07. The first-order chi connectivity index (χ1) is 8.29. The van der Waals surface area contributed by atoms with Crippen LogP contribution in [0, 0.1) is 0 Å². The second kappa shape index (κ2) is 5.45. The van der Waals surface area contributed by atoms with Gasteiger partial charge in [-0.25, -0.2) is 0 Å². The minimum atomic E-state index is -0.184. The summed E-state index contributed by atoms with van der Waals surface area (Å²) in [4.78, 5) is 15.5. The second-order valence-electron chi connectivity index (χ2n) is 3.34. The van der Waals surface area contributed by atoms with Crippen LogP contribution < -0.4 is 5.32 Å². The third kappa shape index (κ3) is 3.04. The molecule has 6 heteroatoms. The van der Waals surface area contributed by atoms with E-state index in [0.29, 0.717) is 22.9 Å². The van der Waals surface area contributed by atoms with Gasteiger partial charge in [-0.3, -0.25) is 9.78 Å². The molecule has 0 radical (unpaired) electrons. The molecular formula is C11H10ClN3O2. The van der Waals surface area contributed by atoms with Crippen LogP contribution >= 0.6 is 11.6 Å². The Kier molecular flexibility index (Phi) is 3.72. The lowest BCUT2D eigenvalue weighted by molar-refractivity contribution is 0.0947. The smallest absolute Gasteiger partial charge is 0.251 e. The summed E-state index contributed by atoms with van der Waals surface area (Å²) in [6, 6.07) is 4.99. The number of amides is 1. The maximum Gasteiger partial charge on any atom is 0.251 e. The molecule has 88 valence electrons. The Hall–Kier alpha value is -1.88. The van der Waals surface area contributed by atoms with Gasteiger partial charge in [-0.2, -0.15) is 0 Å². The van der Waals surface area contributed by atoms with E-state index in [9.17, 15) is 4.79 Å². The summed E-state index contributed by atoms with van der Waals surface area (Å²) >= 11 is 5.58. The molecular weight excluding hydrogens is 242 g/mol. The molecule has 0 unspecified atom stereocenters. The van der Waals surface area contributed by atoms with Crippen LogP contribution in [0.5, 0.6) is 0 Å². The standard InChI is InChI=1S/C11H10ClN3O2/c12-6-9-5-10(17-15-9)7-14-11(16)8-1-3-13-4-2-8/h1-5H,6-7H2,(H,14,16). The maximum atomic E-state index is 11.7. The fourth-order valence-corrected chi connectivity index (χ4v) is 1.40. The van der Waals surface area contributed by atoms with Crippen LogP contribution in [-0.4, -0.2) is 16.0 Å². The molecule has 1 N–H and O–H groups in total. The zero-order chi connectivity index (χ0) is 12.1. The van der Waals surface area contributed by atoms with Crippen molar-refractivity contribution in [3.8, 4) is 0 Å². The number of pyridine rings is 1. The van der Waals surface area contributed by atoms with Crippen LogP contribution in [0.15, 0.2) is 35.1 Å². The Morgan fingerprint density at radius 3 is 2.82 bits per heavy atom. The summed E-state index contributed by atoms with van der Waals surface area (Å²) in [5, 5.41) is 6.43. The predicted octanol–water partition coefficient (Wildman–Crippen LogP) is 1.74. The van der Waals surface area contributed by atoms with Crippen molar-refractivity contribution in [2.75, 3.05) is 0 Å². The van der Waals surface area contributed by atoms with Crippen molar-refractivity contribution in [1.29, 1.82) is 0 Å². The van der Waals surface area contributed by atoms with Crippen molar-refractivity contribution < 1.29 is 9.32 Å². The topological polar surface area (TPSA) is 68.0 Å². The monoisotopic (exact) mass is 251 g/mol. The number of hydrogen-bond donors (Lipinski definition) is 1. The molecule has 0 saturated carbocycles. The normalized spacial score (nSPS) is 10.2. The van der Waals surface area contributed by atoms with Gasteiger partial charge >= 0.3 is 0 Å². The highest BCUT2D eigenvalue weighted by Crippen LogP contribution is 2.06. The Bertz CT molecular complexity index is 498. The molecule has 0 fully saturated rings. The van der Waals surface area contributed by atoms with E-state index in [4.69, 9.17) is 16.1 Å². The Morgan fingerprint density at radius 1 is 1.41 bits per heavy atom. The van der Waals surface area contributed by atoms with Crippen molar-refractivity contribution in [2.24, 2.45) is 0 Å². The first-order valence-corrected chi connectivity index (χ1v) is 5.51. The van der Waals surface area contributed by atoms with Crippen molar-refractivity contribution in [3.63, 3.8) is 0 Å². The van der Waals surface area contributed by atoms with Crippen LogP contribution in [0.3, 0.4) is 0 Å². The quantitative estimate of drug-likeness (QED) is 0.841. The van der Waals surface area contributed by atoms with Gasteiger partial charge < -0.3 is 9.84 Å². The molecule has 2 aromatic rings. The lowest BCUT2D eigenvalue weighted by Crippen LogP contribution is -2.22. The van der Waals surface area contributed by atoms with Crippen molar-refractivity contribution in [1.82, 2.24) is 15.5 Å². The van der Waals surface area contributed by atoms with Gasteiger partial charge in [-0.05, 0) is 12.1 Å². The van der Waals surface area contributed by atoms with Crippen LogP contribution in [0.25, 0.3) is 0 Å². The molecule has 0 aliphatic heterocycles. The molecule has 17 heavy (non-hydrogen) atoms. The number of nitrogens with zero attached hydrogens (tertiary/aromatic N) is 2. The number of nitrogens with one attached hydrogen (secondary N) is 1. The van der Waals surface area contributed by atoms with E-state index in [1.165, 1.54) is 0 Å². The van der Waals surface area contributed by atoms with Crippen molar-refractivity contribution >= 4 is 17.5 Å². The summed E-state index contributed by atoms with van der Waals surface area (Å²) < 4.78 is 4.98. The van der Waals surface area contributed by atoms with E-state index in [1.54, 1.807) is 30.6 Å². The minimum absolute atomic E-state index is 0.184. The molecule has 2 aromatic heterocycles. The largest absolute Gasteiger partial charge is 0.359 e. The van der Waals surface area contributed by atoms with E-state index >= 15 is 0 Å². The predicted molar refractivity (Wildman–Crippen MR) is 61.5 cm³/mol. The lowest BCUT2D eigenvalue weighted by Gasteiger charge is -2.01. The summed E-state index contributed by atoms with van der Waals surface area (Å²) in [7, 11) is 0. The summed E-state index contributed by atoms with van der Waals surface area (Å²) in [5.41, 5.74) is 1.21. The van der Waals surface area contributed by atoms with Gasteiger partial charge in [-0.1, -0.05) is 5.16 Å². The molecule has 2 heterocycles. The van der Waals surface area contributed by atoms with Crippen molar-refractivity contribution in [2.45, 2.75) is 12.4 Å². The average Bonchev–Trinajstić information content (AvgIpc) is 2.85. The van der Waals surface area contributed by atoms with Crippen LogP contribution in [0.4, 0.5) is 0 Å². The lowest BCUT2D eigenvalue weighted by atomic mass is 10.2. The molecule has 0 aromatic carbocycles. The first kappa shape index (κ1) is 11.6. The highest BCUT2D eigenvalue weighted by atomic mass is 35.5. The molecule has 0 spiro atoms. The van der Waals surface area contributed by atoms with Gasteiger partial charge in [0.15, 0.2) is 5.76 Å². The Morgan fingerprint density at radius 2 is 2.18 bits per heavy atom. The van der Waals surface area contributed by atoms with Gasteiger partial charge in [0.1, 0.15) is 0 Å². The van der Waals surface area contributed by atoms with E-state index in [0.717, 1.165) is 0 Å². The molecule has 0 aliphatic rings. The fraction of sp³-hybridized carbons (Fsp3) is 0.182. The number of alkyl halides is 1. The molecule has 0 atom stereocenters. The minimum Gasteiger partial charge on any atom is -0.359 e. The zero-order valence-electron chi connectivity index (χ0n) is 8.89. The number of aromatic nitrogens is 2. The van der Waals surface area contributed by atoms with Gasteiger partial charge in [0, 0.05) is 24.0 Å². The highest BCUT2D eigenvalue weighted by molar-refractivity contribution is 6.16. The molecule has 0 bridgehead atoms. The summed E-state index contributed by atoms with van der Waals surface area (Å²) in [6.45, 7) is 0.283. The van der Waals surface area contributed by atoms with E-state index in [-0.39, 0.29) is 12.5 Å². The SMILES string of the molecule is O=C(NCc1cc(CCl)no1)c1ccncc1. The number of rotatable bonds is 4. The summed E-state index contributed by atoms with van der Waals surface area (Å²) in [5.74, 6) is 0.682. The number of carbonyl (C=O) groups is 1. The van der Waals surface area contributed by atoms with Crippen LogP contribution in [0.2, 0.25) is 0 Å². The van der Waals surface area contributed by atoms with Crippen molar-refractivity contribution in [3.05, 3.63) is 47.6 Å². The fourth-order valence-electron chi connectivity index (χ4n) is 1.27. The molecule has 2 rings (SSSR count). The molecule has 5 nitrogen and oxygen atoms in total. The molecule has 0 saturated heterocycles. The molecule has 1 amide bonds. The summed E-state index contributed by atoms with van der Waals surface area (Å²) in [6.07, 6.45) is 3.13. The van der Waals surface area contributed by atoms with E-state index < -0.39 is 0 Å². The van der Waals surface area contributed by atoms with E-state index in [1.807, 2.05) is 0 Å². The van der Waals surface area contributed by atoms with Gasteiger partial charge in [0.05, 0.1) is 18.1 Å². The average molecular weight is 252 g/mol. The molecule has 0 aliphatic carbocycles. The number of hydrogen-bond acceptors (Lipinski definition) is 4. The zero-order valence-corrected chi connectivity index (χ0v) is 9.65. The number of carbonyl (C=O) groups excluding carboxylic acids is 1. The van der Waals surface area contributed by atoms with E-state index in [2.05, 4.69) is 15.5 Å². The van der Waals surface area contributed by atoms with Crippen LogP contribution in [0.1, 0.15) is 21.8 Å². The van der Waals surface area contributed by atoms with Gasteiger partial charge in [-0.15, -0.1) is 11.6 Å². The first-order valence-electron chi connectivity index (χ1n) is 4.98. The Labute approximate surface area is 103 Å². The van der Waals surface area contributed by atoms with Gasteiger partial charge in [0.2, 0.25) is 0 Å². The second-order valence-corrected chi connectivity index (χ2v) is 3.60.